The minimum atomic E-state index is -1.55. The van der Waals surface area contributed by atoms with Gasteiger partial charge in [-0.3, -0.25) is 0 Å². The van der Waals surface area contributed by atoms with Crippen LogP contribution in [0.25, 0.3) is 0 Å². The van der Waals surface area contributed by atoms with Gasteiger partial charge in [0.1, 0.15) is 54.2 Å². The average Bonchev–Trinajstić information content (AvgIpc) is 3.17. The van der Waals surface area contributed by atoms with Crippen LogP contribution in [0.2, 0.25) is 0 Å². The zero-order valence-corrected chi connectivity index (χ0v) is 36.0. The highest BCUT2D eigenvalue weighted by Crippen LogP contribution is 2.44. The third-order valence-electron chi connectivity index (χ3n) is 11.7. The molecule has 10 nitrogen and oxygen atoms in total. The molecule has 56 heavy (non-hydrogen) atoms. The van der Waals surface area contributed by atoms with Gasteiger partial charge >= 0.3 is 0 Å². The first-order valence-electron chi connectivity index (χ1n) is 22.1. The highest BCUT2D eigenvalue weighted by Gasteiger charge is 2.44. The Morgan fingerprint density at radius 3 is 1.71 bits per heavy atom. The summed E-state index contributed by atoms with van der Waals surface area (Å²) in [5.41, 5.74) is 1.38. The summed E-state index contributed by atoms with van der Waals surface area (Å²) in [6, 6.07) is 1.77. The van der Waals surface area contributed by atoms with Gasteiger partial charge in [-0.1, -0.05) is 110 Å². The number of aryl methyl sites for hydroxylation is 1. The fourth-order valence-corrected chi connectivity index (χ4v) is 8.65. The van der Waals surface area contributed by atoms with Crippen LogP contribution in [0, 0.1) is 0 Å². The molecule has 3 rings (SSSR count). The lowest BCUT2D eigenvalue weighted by Gasteiger charge is -2.39. The Labute approximate surface area is 347 Å². The molecule has 1 aromatic carbocycles. The number of phenols is 1. The molecule has 0 amide bonds. The summed E-state index contributed by atoms with van der Waals surface area (Å²) in [6.07, 6.45) is 11.3. The van der Waals surface area contributed by atoms with E-state index in [2.05, 4.69) is 13.8 Å². The van der Waals surface area contributed by atoms with Gasteiger partial charge in [-0.25, -0.2) is 0 Å². The van der Waals surface area contributed by atoms with Gasteiger partial charge in [0, 0.05) is 21.9 Å². The van der Waals surface area contributed by atoms with Crippen LogP contribution in [0.4, 0.5) is 0 Å². The molecule has 2 heterocycles. The fraction of sp³-hybridized carbons (Fsp3) is 0.864. The number of ether oxygens (including phenoxy) is 3. The maximum absolute atomic E-state index is 12.1. The topological polar surface area (TPSA) is 169 Å². The molecule has 0 saturated carbocycles. The number of unbranched alkanes of at least 4 members (excludes halogenated alkanes) is 13. The molecule has 326 valence electrons. The van der Waals surface area contributed by atoms with Crippen LogP contribution in [0.1, 0.15) is 178 Å². The smallest absolute Gasteiger partial charge is 0.229 e. The van der Waals surface area contributed by atoms with Gasteiger partial charge in [0.15, 0.2) is 0 Å². The number of benzene rings is 1. The maximum atomic E-state index is 12.1. The summed E-state index contributed by atoms with van der Waals surface area (Å²) in [4.78, 5) is 0. The number of alkyl halides is 2. The molecule has 7 N–H and O–H groups in total. The second-order valence-corrected chi connectivity index (χ2v) is 17.8. The van der Waals surface area contributed by atoms with Crippen LogP contribution < -0.4 is 4.74 Å². The summed E-state index contributed by atoms with van der Waals surface area (Å²) >= 11 is 13.3. The molecular formula is C44H76Cl2O10. The van der Waals surface area contributed by atoms with Crippen LogP contribution in [0.5, 0.6) is 11.5 Å². The Morgan fingerprint density at radius 1 is 0.643 bits per heavy atom. The first-order chi connectivity index (χ1) is 26.9. The third kappa shape index (κ3) is 15.9. The van der Waals surface area contributed by atoms with Gasteiger partial charge in [-0.05, 0) is 69.9 Å². The first-order valence-corrected chi connectivity index (χ1v) is 23.0. The lowest BCUT2D eigenvalue weighted by Crippen LogP contribution is -2.58. The highest BCUT2D eigenvalue weighted by molar-refractivity contribution is 6.20. The van der Waals surface area contributed by atoms with Gasteiger partial charge in [-0.2, -0.15) is 0 Å². The highest BCUT2D eigenvalue weighted by atomic mass is 35.5. The molecule has 2 fully saturated rings. The maximum Gasteiger partial charge on any atom is 0.229 e. The average molecular weight is 836 g/mol. The van der Waals surface area contributed by atoms with E-state index in [-0.39, 0.29) is 28.9 Å². The first kappa shape index (κ1) is 49.4. The normalized spacial score (nSPS) is 28.0. The predicted octanol–water partition coefficient (Wildman–Crippen LogP) is 8.28. The molecule has 2 unspecified atom stereocenters. The molecule has 0 bridgehead atoms. The van der Waals surface area contributed by atoms with Crippen molar-refractivity contribution >= 4 is 23.2 Å². The van der Waals surface area contributed by atoms with Crippen molar-refractivity contribution in [3.8, 4) is 11.5 Å². The fourth-order valence-electron chi connectivity index (χ4n) is 8.03. The van der Waals surface area contributed by atoms with Gasteiger partial charge in [0.2, 0.25) is 6.29 Å². The van der Waals surface area contributed by atoms with E-state index < -0.39 is 55.1 Å². The largest absolute Gasteiger partial charge is 0.507 e. The molecule has 11 atom stereocenters. The number of aromatic hydroxyl groups is 1. The van der Waals surface area contributed by atoms with Crippen molar-refractivity contribution in [1.82, 2.24) is 0 Å². The molecule has 12 heteroatoms. The van der Waals surface area contributed by atoms with Crippen molar-refractivity contribution in [3.63, 3.8) is 0 Å². The summed E-state index contributed by atoms with van der Waals surface area (Å²) < 4.78 is 18.0. The predicted molar refractivity (Wildman–Crippen MR) is 223 cm³/mol. The van der Waals surface area contributed by atoms with E-state index in [1.54, 1.807) is 13.0 Å². The van der Waals surface area contributed by atoms with Gasteiger partial charge in [0.25, 0.3) is 0 Å². The van der Waals surface area contributed by atoms with E-state index in [0.717, 1.165) is 70.6 Å². The van der Waals surface area contributed by atoms with Crippen molar-refractivity contribution in [2.75, 3.05) is 6.61 Å². The zero-order valence-electron chi connectivity index (χ0n) is 34.5. The number of aliphatic hydroxyl groups is 6. The second-order valence-electron chi connectivity index (χ2n) is 16.5. The standard InChI is InChI=1S/C44H76Cl2O10/c1-4-6-8-10-11-12-17-23-32(46)24-18-13-15-21-30-27-35(56-44-42(53)40(51)37(48)29(3)55-44)33(26-20-14-19-25-31(45)22-16-9-7-5-2)38(49)36(30)43-41(52)39(50)34(47)28-54-43/h27,29,31-32,34,37,39-44,47-53H,4-26,28H2,1-3H3/t29-,31?,32?,34+,37-,39-,40+,41+,42+,43-,44-/m0/s1. The van der Waals surface area contributed by atoms with Gasteiger partial charge < -0.3 is 50.0 Å². The van der Waals surface area contributed by atoms with Crippen molar-refractivity contribution in [2.24, 2.45) is 0 Å². The third-order valence-corrected chi connectivity index (χ3v) is 12.6. The number of aliphatic hydroxyl groups excluding tert-OH is 6. The van der Waals surface area contributed by atoms with Crippen LogP contribution in [0.15, 0.2) is 6.07 Å². The second kappa shape index (κ2) is 27.0. The minimum Gasteiger partial charge on any atom is -0.507 e. The van der Waals surface area contributed by atoms with E-state index in [1.807, 2.05) is 0 Å². The summed E-state index contributed by atoms with van der Waals surface area (Å²) in [5, 5.41) is 76.1. The quantitative estimate of drug-likeness (QED) is 0.0322. The van der Waals surface area contributed by atoms with Crippen LogP contribution in [-0.2, 0) is 22.3 Å². The van der Waals surface area contributed by atoms with Crippen molar-refractivity contribution in [3.05, 3.63) is 22.8 Å². The monoisotopic (exact) mass is 834 g/mol. The molecule has 2 aliphatic heterocycles. The number of halogens is 2. The molecule has 2 saturated heterocycles. The SMILES string of the molecule is CCCCCCCCCC(Cl)CCCCCc1cc(O[C@@H]2O[C@@H](C)[C@H](O)[C@@H](O)[C@H]2O)c(CCCCCC(Cl)CCCCCC)c(O)c1[C@@H]1OC[C@@H](O)[C@H](O)[C@H]1O. The van der Waals surface area contributed by atoms with E-state index >= 15 is 0 Å². The molecule has 0 radical (unpaired) electrons. The van der Waals surface area contributed by atoms with Crippen LogP contribution in [-0.4, -0.2) is 102 Å². The Morgan fingerprint density at radius 2 is 1.14 bits per heavy atom. The Kier molecular flexibility index (Phi) is 23.9. The molecule has 0 aliphatic carbocycles. The number of rotatable bonds is 28. The van der Waals surface area contributed by atoms with Crippen molar-refractivity contribution in [1.29, 1.82) is 0 Å². The molecular weight excluding hydrogens is 759 g/mol. The Bertz CT molecular complexity index is 1210. The van der Waals surface area contributed by atoms with Crippen LogP contribution in [0.3, 0.4) is 0 Å². The lowest BCUT2D eigenvalue weighted by atomic mass is 9.86. The Hall–Kier alpha value is -0.920. The molecule has 1 aromatic rings. The van der Waals surface area contributed by atoms with E-state index in [9.17, 15) is 35.7 Å². The summed E-state index contributed by atoms with van der Waals surface area (Å²) in [7, 11) is 0. The summed E-state index contributed by atoms with van der Waals surface area (Å²) in [5.74, 6) is 0.111. The van der Waals surface area contributed by atoms with E-state index in [4.69, 9.17) is 37.4 Å². The van der Waals surface area contributed by atoms with Crippen LogP contribution >= 0.6 is 23.2 Å². The number of hydrogen-bond donors (Lipinski definition) is 7. The van der Waals surface area contributed by atoms with E-state index in [0.29, 0.717) is 36.0 Å². The molecule has 0 aromatic heterocycles. The van der Waals surface area contributed by atoms with Gasteiger partial charge in [-0.15, -0.1) is 23.2 Å². The number of phenolic OH excluding ortho intramolecular Hbond substituents is 1. The lowest BCUT2D eigenvalue weighted by molar-refractivity contribution is -0.268. The molecule has 2 aliphatic rings. The van der Waals surface area contributed by atoms with E-state index in [1.165, 1.54) is 57.8 Å². The molecule has 0 spiro atoms. The summed E-state index contributed by atoms with van der Waals surface area (Å²) in [6.45, 7) is 5.78. The van der Waals surface area contributed by atoms with Gasteiger partial charge in [0.05, 0.1) is 12.7 Å². The Balaban J connectivity index is 1.78. The van der Waals surface area contributed by atoms with Crippen molar-refractivity contribution in [2.45, 2.75) is 234 Å². The number of hydrogen-bond acceptors (Lipinski definition) is 10. The minimum absolute atomic E-state index is 0.117. The zero-order chi connectivity index (χ0) is 41.0. The van der Waals surface area contributed by atoms with Crippen molar-refractivity contribution < 1.29 is 50.0 Å².